The summed E-state index contributed by atoms with van der Waals surface area (Å²) in [5.74, 6) is -0.573. The molecule has 21 heavy (non-hydrogen) atoms. The molecule has 8 nitrogen and oxygen atoms in total. The number of ether oxygens (including phenoxy) is 1. The Morgan fingerprint density at radius 2 is 2.33 bits per heavy atom. The van der Waals surface area contributed by atoms with Crippen LogP contribution in [0.5, 0.6) is 0 Å². The van der Waals surface area contributed by atoms with Crippen LogP contribution in [0.25, 0.3) is 0 Å². The molecule has 0 spiro atoms. The van der Waals surface area contributed by atoms with Crippen LogP contribution in [0.3, 0.4) is 0 Å². The zero-order valence-corrected chi connectivity index (χ0v) is 11.9. The molecule has 0 saturated carbocycles. The molecular weight excluding hydrogens is 296 g/mol. The second-order valence-corrected chi connectivity index (χ2v) is 5.00. The molecule has 0 fully saturated rings. The van der Waals surface area contributed by atoms with Gasteiger partial charge in [0.25, 0.3) is 5.69 Å². The van der Waals surface area contributed by atoms with Crippen LogP contribution in [-0.4, -0.2) is 32.7 Å². The predicted octanol–water partition coefficient (Wildman–Crippen LogP) is 2.43. The fourth-order valence-corrected chi connectivity index (χ4v) is 2.28. The standard InChI is InChI=1S/C12H12N4O4S/c1-2-5-20-11(17)8-3-4-10(9(6-8)16(18)19)21-12-13-7-14-15-12/h3-4,6-7H,2,5H2,1H3,(H,13,14,15). The molecule has 2 aromatic rings. The van der Waals surface area contributed by atoms with Crippen LogP contribution in [0.1, 0.15) is 23.7 Å². The molecule has 0 radical (unpaired) electrons. The molecule has 9 heteroatoms. The molecule has 0 saturated heterocycles. The molecule has 0 atom stereocenters. The number of nitrogens with zero attached hydrogens (tertiary/aromatic N) is 3. The fourth-order valence-electron chi connectivity index (χ4n) is 1.50. The zero-order chi connectivity index (χ0) is 15.2. The first kappa shape index (κ1) is 15.0. The normalized spacial score (nSPS) is 10.3. The minimum absolute atomic E-state index is 0.150. The Bertz CT molecular complexity index is 645. The van der Waals surface area contributed by atoms with Crippen LogP contribution >= 0.6 is 11.8 Å². The van der Waals surface area contributed by atoms with Gasteiger partial charge in [-0.05, 0) is 30.3 Å². The van der Waals surface area contributed by atoms with Crippen LogP contribution in [0.15, 0.2) is 34.6 Å². The third kappa shape index (κ3) is 3.78. The Morgan fingerprint density at radius 1 is 1.52 bits per heavy atom. The number of nitrogens with one attached hydrogen (secondary N) is 1. The number of hydrogen-bond acceptors (Lipinski definition) is 7. The molecule has 0 amide bonds. The van der Waals surface area contributed by atoms with Gasteiger partial charge in [0.05, 0.1) is 22.0 Å². The molecule has 0 aliphatic heterocycles. The lowest BCUT2D eigenvalue weighted by Crippen LogP contribution is -2.06. The number of hydrogen-bond donors (Lipinski definition) is 1. The average molecular weight is 308 g/mol. The number of esters is 1. The Kier molecular flexibility index (Phi) is 4.88. The first-order chi connectivity index (χ1) is 10.1. The molecule has 110 valence electrons. The number of aromatic amines is 1. The zero-order valence-electron chi connectivity index (χ0n) is 11.1. The van der Waals surface area contributed by atoms with Crippen molar-refractivity contribution in [1.82, 2.24) is 15.2 Å². The fraction of sp³-hybridized carbons (Fsp3) is 0.250. The van der Waals surface area contributed by atoms with Crippen molar-refractivity contribution in [3.8, 4) is 0 Å². The molecule has 1 aromatic heterocycles. The Morgan fingerprint density at radius 3 is 2.95 bits per heavy atom. The lowest BCUT2D eigenvalue weighted by molar-refractivity contribution is -0.387. The predicted molar refractivity (Wildman–Crippen MR) is 74.2 cm³/mol. The van der Waals surface area contributed by atoms with Gasteiger partial charge in [-0.25, -0.2) is 9.78 Å². The van der Waals surface area contributed by atoms with E-state index in [0.717, 1.165) is 11.8 Å². The lowest BCUT2D eigenvalue weighted by atomic mass is 10.2. The number of H-pyrrole nitrogens is 1. The van der Waals surface area contributed by atoms with Crippen molar-refractivity contribution < 1.29 is 14.5 Å². The minimum Gasteiger partial charge on any atom is -0.462 e. The summed E-state index contributed by atoms with van der Waals surface area (Å²) in [5, 5.41) is 17.8. The van der Waals surface area contributed by atoms with Crippen LogP contribution in [-0.2, 0) is 4.74 Å². The second-order valence-electron chi connectivity index (χ2n) is 3.97. The van der Waals surface area contributed by atoms with Gasteiger partial charge in [0, 0.05) is 6.07 Å². The number of carbonyl (C=O) groups is 1. The first-order valence-corrected chi connectivity index (χ1v) is 6.92. The van der Waals surface area contributed by atoms with E-state index >= 15 is 0 Å². The monoisotopic (exact) mass is 308 g/mol. The molecule has 1 aromatic carbocycles. The molecule has 2 rings (SSSR count). The van der Waals surface area contributed by atoms with Crippen molar-refractivity contribution in [2.45, 2.75) is 23.4 Å². The maximum atomic E-state index is 11.7. The molecule has 0 aliphatic rings. The Labute approximate surface area is 124 Å². The highest BCUT2D eigenvalue weighted by molar-refractivity contribution is 7.99. The van der Waals surface area contributed by atoms with E-state index in [1.165, 1.54) is 24.5 Å². The highest BCUT2D eigenvalue weighted by Gasteiger charge is 2.19. The number of rotatable bonds is 6. The molecule has 0 aliphatic carbocycles. The summed E-state index contributed by atoms with van der Waals surface area (Å²) >= 11 is 1.06. The topological polar surface area (TPSA) is 111 Å². The third-order valence-corrected chi connectivity index (χ3v) is 3.38. The van der Waals surface area contributed by atoms with Crippen LogP contribution < -0.4 is 0 Å². The average Bonchev–Trinajstić information content (AvgIpc) is 2.97. The second kappa shape index (κ2) is 6.84. The van der Waals surface area contributed by atoms with Gasteiger partial charge in [0.15, 0.2) is 5.16 Å². The maximum Gasteiger partial charge on any atom is 0.338 e. The summed E-state index contributed by atoms with van der Waals surface area (Å²) in [6.07, 6.45) is 2.00. The van der Waals surface area contributed by atoms with Crippen molar-refractivity contribution in [3.63, 3.8) is 0 Å². The largest absolute Gasteiger partial charge is 0.462 e. The van der Waals surface area contributed by atoms with E-state index in [9.17, 15) is 14.9 Å². The van der Waals surface area contributed by atoms with Gasteiger partial charge in [-0.1, -0.05) is 6.92 Å². The van der Waals surface area contributed by atoms with Crippen molar-refractivity contribution in [2.75, 3.05) is 6.61 Å². The SMILES string of the molecule is CCCOC(=O)c1ccc(Sc2ncn[nH]2)c([N+](=O)[O-])c1. The summed E-state index contributed by atoms with van der Waals surface area (Å²) in [6, 6.07) is 4.19. The third-order valence-electron chi connectivity index (χ3n) is 2.43. The summed E-state index contributed by atoms with van der Waals surface area (Å²) < 4.78 is 4.96. The summed E-state index contributed by atoms with van der Waals surface area (Å²) in [7, 11) is 0. The smallest absolute Gasteiger partial charge is 0.338 e. The van der Waals surface area contributed by atoms with E-state index < -0.39 is 10.9 Å². The molecular formula is C12H12N4O4S. The quantitative estimate of drug-likeness (QED) is 0.495. The molecule has 1 N–H and O–H groups in total. The Balaban J connectivity index is 2.26. The lowest BCUT2D eigenvalue weighted by Gasteiger charge is -2.05. The molecule has 0 bridgehead atoms. The maximum absolute atomic E-state index is 11.7. The summed E-state index contributed by atoms with van der Waals surface area (Å²) in [5.41, 5.74) is -0.0283. The number of benzene rings is 1. The van der Waals surface area contributed by atoms with Gasteiger partial charge in [0.2, 0.25) is 0 Å². The molecule has 0 unspecified atom stereocenters. The van der Waals surface area contributed by atoms with Crippen LogP contribution in [0.2, 0.25) is 0 Å². The minimum atomic E-state index is -0.573. The van der Waals surface area contributed by atoms with Gasteiger partial charge in [-0.15, -0.1) is 0 Å². The van der Waals surface area contributed by atoms with E-state index in [1.54, 1.807) is 0 Å². The van der Waals surface area contributed by atoms with E-state index in [0.29, 0.717) is 16.5 Å². The van der Waals surface area contributed by atoms with Gasteiger partial charge in [-0.2, -0.15) is 5.10 Å². The summed E-state index contributed by atoms with van der Waals surface area (Å²) in [6.45, 7) is 2.15. The number of nitro benzene ring substituents is 1. The van der Waals surface area contributed by atoms with Gasteiger partial charge in [-0.3, -0.25) is 15.2 Å². The van der Waals surface area contributed by atoms with Gasteiger partial charge >= 0.3 is 5.97 Å². The highest BCUT2D eigenvalue weighted by atomic mass is 32.2. The van der Waals surface area contributed by atoms with Gasteiger partial charge < -0.3 is 4.74 Å². The van der Waals surface area contributed by atoms with Crippen molar-refractivity contribution >= 4 is 23.4 Å². The van der Waals surface area contributed by atoms with Gasteiger partial charge in [0.1, 0.15) is 6.33 Å². The Hall–Kier alpha value is -2.42. The van der Waals surface area contributed by atoms with Crippen molar-refractivity contribution in [3.05, 3.63) is 40.2 Å². The van der Waals surface area contributed by atoms with E-state index in [-0.39, 0.29) is 17.9 Å². The van der Waals surface area contributed by atoms with E-state index in [1.807, 2.05) is 6.92 Å². The van der Waals surface area contributed by atoms with Crippen molar-refractivity contribution in [1.29, 1.82) is 0 Å². The summed E-state index contributed by atoms with van der Waals surface area (Å²) in [4.78, 5) is 26.6. The number of carbonyl (C=O) groups excluding carboxylic acids is 1. The highest BCUT2D eigenvalue weighted by Crippen LogP contribution is 2.33. The van der Waals surface area contributed by atoms with Crippen LogP contribution in [0.4, 0.5) is 5.69 Å². The molecule has 1 heterocycles. The van der Waals surface area contributed by atoms with E-state index in [4.69, 9.17) is 4.74 Å². The number of aromatic nitrogens is 3. The van der Waals surface area contributed by atoms with Crippen LogP contribution in [0, 0.1) is 10.1 Å². The first-order valence-electron chi connectivity index (χ1n) is 6.10. The van der Waals surface area contributed by atoms with Crippen molar-refractivity contribution in [2.24, 2.45) is 0 Å². The van der Waals surface area contributed by atoms with E-state index in [2.05, 4.69) is 15.2 Å². The number of nitro groups is 1.